The fraction of sp³-hybridized carbons (Fsp3) is 0.611. The third-order valence-electron chi connectivity index (χ3n) is 5.19. The van der Waals surface area contributed by atoms with Gasteiger partial charge in [0.25, 0.3) is 0 Å². The van der Waals surface area contributed by atoms with Crippen LogP contribution in [0.5, 0.6) is 5.75 Å². The van der Waals surface area contributed by atoms with Crippen LogP contribution in [0.25, 0.3) is 0 Å². The second kappa shape index (κ2) is 7.03. The number of rotatable bonds is 6. The Morgan fingerprint density at radius 3 is 2.77 bits per heavy atom. The number of nitrogens with one attached hydrogen (secondary N) is 2. The van der Waals surface area contributed by atoms with Crippen molar-refractivity contribution >= 4 is 6.03 Å². The quantitative estimate of drug-likeness (QED) is 0.793. The van der Waals surface area contributed by atoms with E-state index in [2.05, 4.69) is 17.6 Å². The molecule has 2 aliphatic rings. The van der Waals surface area contributed by atoms with Crippen LogP contribution in [0, 0.1) is 17.8 Å². The molecule has 1 aromatic rings. The number of benzene rings is 1. The van der Waals surface area contributed by atoms with Crippen LogP contribution in [-0.4, -0.2) is 25.2 Å². The summed E-state index contributed by atoms with van der Waals surface area (Å²) >= 11 is 0. The topological polar surface area (TPSA) is 50.4 Å². The lowest BCUT2D eigenvalue weighted by atomic mass is 9.84. The molecule has 0 heterocycles. The number of hydrogen-bond acceptors (Lipinski definition) is 2. The third kappa shape index (κ3) is 3.73. The number of para-hydroxylation sites is 1. The van der Waals surface area contributed by atoms with E-state index in [9.17, 15) is 4.79 Å². The maximum atomic E-state index is 11.9. The number of urea groups is 1. The molecule has 2 amide bonds. The molecule has 4 atom stereocenters. The molecular weight excluding hydrogens is 276 g/mol. The molecule has 3 rings (SSSR count). The zero-order chi connectivity index (χ0) is 15.4. The molecule has 0 aromatic heterocycles. The molecule has 2 saturated carbocycles. The maximum Gasteiger partial charge on any atom is 0.315 e. The van der Waals surface area contributed by atoms with Crippen molar-refractivity contribution in [3.63, 3.8) is 0 Å². The van der Waals surface area contributed by atoms with Gasteiger partial charge in [0.1, 0.15) is 12.4 Å². The summed E-state index contributed by atoms with van der Waals surface area (Å²) in [6.45, 7) is 3.15. The molecule has 2 N–H and O–H groups in total. The van der Waals surface area contributed by atoms with Gasteiger partial charge >= 0.3 is 6.03 Å². The number of hydrogen-bond donors (Lipinski definition) is 2. The Labute approximate surface area is 132 Å². The van der Waals surface area contributed by atoms with E-state index < -0.39 is 0 Å². The van der Waals surface area contributed by atoms with Gasteiger partial charge in [0.15, 0.2) is 0 Å². The smallest absolute Gasteiger partial charge is 0.315 e. The van der Waals surface area contributed by atoms with E-state index in [1.165, 1.54) is 25.7 Å². The van der Waals surface area contributed by atoms with E-state index in [1.54, 1.807) is 0 Å². The molecule has 0 saturated heterocycles. The van der Waals surface area contributed by atoms with Gasteiger partial charge in [-0.25, -0.2) is 4.79 Å². The number of ether oxygens (including phenoxy) is 1. The lowest BCUT2D eigenvalue weighted by Gasteiger charge is -2.28. The Morgan fingerprint density at radius 1 is 1.27 bits per heavy atom. The van der Waals surface area contributed by atoms with E-state index in [-0.39, 0.29) is 12.1 Å². The summed E-state index contributed by atoms with van der Waals surface area (Å²) in [5, 5.41) is 5.98. The molecule has 4 unspecified atom stereocenters. The normalized spacial score (nSPS) is 27.4. The first-order valence-corrected chi connectivity index (χ1v) is 8.44. The van der Waals surface area contributed by atoms with Crippen molar-refractivity contribution in [1.82, 2.24) is 10.6 Å². The minimum Gasteiger partial charge on any atom is -0.492 e. The van der Waals surface area contributed by atoms with E-state index in [1.807, 2.05) is 30.3 Å². The summed E-state index contributed by atoms with van der Waals surface area (Å²) in [5.41, 5.74) is 0. The van der Waals surface area contributed by atoms with Gasteiger partial charge in [-0.1, -0.05) is 24.6 Å². The van der Waals surface area contributed by atoms with Gasteiger partial charge in [-0.15, -0.1) is 0 Å². The summed E-state index contributed by atoms with van der Waals surface area (Å²) in [5.74, 6) is 3.26. The van der Waals surface area contributed by atoms with Gasteiger partial charge in [-0.3, -0.25) is 0 Å². The van der Waals surface area contributed by atoms with Crippen LogP contribution in [0.2, 0.25) is 0 Å². The Kier molecular flexibility index (Phi) is 4.86. The molecule has 22 heavy (non-hydrogen) atoms. The van der Waals surface area contributed by atoms with Crippen LogP contribution < -0.4 is 15.4 Å². The molecular formula is C18H26N2O2. The van der Waals surface area contributed by atoms with Crippen LogP contribution in [0.4, 0.5) is 4.79 Å². The molecule has 4 nitrogen and oxygen atoms in total. The van der Waals surface area contributed by atoms with E-state index in [0.29, 0.717) is 19.1 Å². The molecule has 120 valence electrons. The fourth-order valence-corrected chi connectivity index (χ4v) is 4.12. The Bertz CT molecular complexity index is 491. The number of carbonyl (C=O) groups excluding carboxylic acids is 1. The SMILES string of the molecule is CC(NC(=O)NCCOc1ccccc1)C1CC2CCC1C2. The van der Waals surface area contributed by atoms with Crippen molar-refractivity contribution in [3.8, 4) is 5.75 Å². The standard InChI is InChI=1S/C18H26N2O2/c1-13(17-12-14-7-8-15(17)11-14)20-18(21)19-9-10-22-16-5-3-2-4-6-16/h2-6,13-15,17H,7-12H2,1H3,(H2,19,20,21). The number of carbonyl (C=O) groups is 1. The number of fused-ring (bicyclic) bond motifs is 2. The van der Waals surface area contributed by atoms with Crippen molar-refractivity contribution in [2.45, 2.75) is 38.6 Å². The second-order valence-electron chi connectivity index (χ2n) is 6.69. The molecule has 2 fully saturated rings. The van der Waals surface area contributed by atoms with Crippen molar-refractivity contribution in [3.05, 3.63) is 30.3 Å². The predicted molar refractivity (Wildman–Crippen MR) is 86.9 cm³/mol. The maximum absolute atomic E-state index is 11.9. The van der Waals surface area contributed by atoms with Crippen LogP contribution in [0.15, 0.2) is 30.3 Å². The second-order valence-corrected chi connectivity index (χ2v) is 6.69. The molecule has 1 aromatic carbocycles. The van der Waals surface area contributed by atoms with Gasteiger partial charge < -0.3 is 15.4 Å². The zero-order valence-electron chi connectivity index (χ0n) is 13.3. The van der Waals surface area contributed by atoms with Crippen LogP contribution in [0.3, 0.4) is 0 Å². The zero-order valence-corrected chi connectivity index (χ0v) is 13.3. The Balaban J connectivity index is 1.32. The van der Waals surface area contributed by atoms with E-state index in [4.69, 9.17) is 4.74 Å². The predicted octanol–water partition coefficient (Wildman–Crippen LogP) is 3.19. The van der Waals surface area contributed by atoms with Crippen molar-refractivity contribution in [1.29, 1.82) is 0 Å². The average Bonchev–Trinajstić information content (AvgIpc) is 3.15. The first-order chi connectivity index (χ1) is 10.7. The first kappa shape index (κ1) is 15.2. The first-order valence-electron chi connectivity index (χ1n) is 8.44. The highest BCUT2D eigenvalue weighted by molar-refractivity contribution is 5.74. The van der Waals surface area contributed by atoms with Crippen LogP contribution >= 0.6 is 0 Å². The van der Waals surface area contributed by atoms with Crippen molar-refractivity contribution in [2.75, 3.05) is 13.2 Å². The molecule has 2 bridgehead atoms. The summed E-state index contributed by atoms with van der Waals surface area (Å²) in [4.78, 5) is 11.9. The minimum absolute atomic E-state index is 0.0769. The van der Waals surface area contributed by atoms with Gasteiger partial charge in [0.2, 0.25) is 0 Å². The Hall–Kier alpha value is -1.71. The van der Waals surface area contributed by atoms with E-state index >= 15 is 0 Å². The largest absolute Gasteiger partial charge is 0.492 e. The average molecular weight is 302 g/mol. The Morgan fingerprint density at radius 2 is 2.09 bits per heavy atom. The van der Waals surface area contributed by atoms with Gasteiger partial charge in [-0.05, 0) is 56.1 Å². The third-order valence-corrected chi connectivity index (χ3v) is 5.19. The van der Waals surface area contributed by atoms with Gasteiger partial charge in [0, 0.05) is 6.04 Å². The summed E-state index contributed by atoms with van der Waals surface area (Å²) < 4.78 is 5.56. The van der Waals surface area contributed by atoms with Crippen molar-refractivity contribution < 1.29 is 9.53 Å². The van der Waals surface area contributed by atoms with Gasteiger partial charge in [-0.2, -0.15) is 0 Å². The number of amides is 2. The molecule has 4 heteroatoms. The highest BCUT2D eigenvalue weighted by atomic mass is 16.5. The molecule has 0 aliphatic heterocycles. The molecule has 0 spiro atoms. The van der Waals surface area contributed by atoms with Crippen molar-refractivity contribution in [2.24, 2.45) is 17.8 Å². The lowest BCUT2D eigenvalue weighted by molar-refractivity contribution is 0.217. The fourth-order valence-electron chi connectivity index (χ4n) is 4.12. The highest BCUT2D eigenvalue weighted by Gasteiger charge is 2.42. The molecule has 2 aliphatic carbocycles. The lowest BCUT2D eigenvalue weighted by Crippen LogP contribution is -2.46. The summed E-state index contributed by atoms with van der Waals surface area (Å²) in [6.07, 6.45) is 5.43. The van der Waals surface area contributed by atoms with E-state index in [0.717, 1.165) is 17.6 Å². The molecule has 0 radical (unpaired) electrons. The van der Waals surface area contributed by atoms with Gasteiger partial charge in [0.05, 0.1) is 6.54 Å². The summed E-state index contributed by atoms with van der Waals surface area (Å²) in [7, 11) is 0. The monoisotopic (exact) mass is 302 g/mol. The van der Waals surface area contributed by atoms with Crippen LogP contribution in [-0.2, 0) is 0 Å². The minimum atomic E-state index is -0.0769. The summed E-state index contributed by atoms with van der Waals surface area (Å²) in [6, 6.07) is 9.85. The van der Waals surface area contributed by atoms with Crippen LogP contribution in [0.1, 0.15) is 32.6 Å². The highest BCUT2D eigenvalue weighted by Crippen LogP contribution is 2.49.